The van der Waals surface area contributed by atoms with Gasteiger partial charge in [0.05, 0.1) is 11.0 Å². The number of aryl methyl sites for hydroxylation is 1. The number of amides is 1. The number of carbonyl (C=O) groups excluding carboxylic acids is 1. The third-order valence-corrected chi connectivity index (χ3v) is 3.91. The summed E-state index contributed by atoms with van der Waals surface area (Å²) in [6.45, 7) is 0.638. The molecule has 2 heterocycles. The van der Waals surface area contributed by atoms with E-state index in [1.54, 1.807) is 0 Å². The van der Waals surface area contributed by atoms with Crippen LogP contribution in [0.2, 0.25) is 0 Å². The van der Waals surface area contributed by atoms with Gasteiger partial charge in [-0.15, -0.1) is 0 Å². The molecule has 4 aromatic rings. The van der Waals surface area contributed by atoms with E-state index in [0.29, 0.717) is 18.9 Å². The Bertz CT molecular complexity index is 950. The Labute approximate surface area is 133 Å². The van der Waals surface area contributed by atoms with Crippen LogP contribution in [0.3, 0.4) is 0 Å². The zero-order chi connectivity index (χ0) is 15.6. The summed E-state index contributed by atoms with van der Waals surface area (Å²) >= 11 is 0. The lowest BCUT2D eigenvalue weighted by Gasteiger charge is -2.05. The minimum atomic E-state index is -0.0539. The molecule has 0 saturated carbocycles. The summed E-state index contributed by atoms with van der Waals surface area (Å²) in [4.78, 5) is 19.6. The highest BCUT2D eigenvalue weighted by atomic mass is 16.1. The minimum absolute atomic E-state index is 0.0539. The molecule has 0 aliphatic heterocycles. The van der Waals surface area contributed by atoms with E-state index < -0.39 is 0 Å². The van der Waals surface area contributed by atoms with Crippen molar-refractivity contribution in [3.05, 3.63) is 60.8 Å². The number of hydrogen-bond acceptors (Lipinski definition) is 2. The maximum absolute atomic E-state index is 12.1. The second-order valence-electron chi connectivity index (χ2n) is 5.47. The summed E-state index contributed by atoms with van der Waals surface area (Å²) in [5.41, 5.74) is 2.91. The number of imidazole rings is 1. The predicted octanol–water partition coefficient (Wildman–Crippen LogP) is 3.55. The highest BCUT2D eigenvalue weighted by molar-refractivity contribution is 5.91. The van der Waals surface area contributed by atoms with E-state index in [-0.39, 0.29) is 5.91 Å². The van der Waals surface area contributed by atoms with Gasteiger partial charge in [-0.2, -0.15) is 0 Å². The van der Waals surface area contributed by atoms with Crippen LogP contribution in [0.1, 0.15) is 6.42 Å². The molecule has 0 spiro atoms. The molecule has 5 heteroatoms. The predicted molar refractivity (Wildman–Crippen MR) is 91.3 cm³/mol. The van der Waals surface area contributed by atoms with Gasteiger partial charge in [0.2, 0.25) is 11.9 Å². The topological polar surface area (TPSA) is 62.7 Å². The molecule has 4 rings (SSSR count). The van der Waals surface area contributed by atoms with Crippen molar-refractivity contribution < 1.29 is 4.79 Å². The normalized spacial score (nSPS) is 11.1. The SMILES string of the molecule is O=C(CCn1ccc2ccccc21)Nc1nc2ccccc2[nH]1. The maximum atomic E-state index is 12.1. The molecule has 0 unspecified atom stereocenters. The van der Waals surface area contributed by atoms with Gasteiger partial charge in [-0.25, -0.2) is 4.98 Å². The van der Waals surface area contributed by atoms with Crippen LogP contribution in [0.5, 0.6) is 0 Å². The smallest absolute Gasteiger partial charge is 0.228 e. The molecule has 2 aromatic heterocycles. The van der Waals surface area contributed by atoms with E-state index in [4.69, 9.17) is 0 Å². The summed E-state index contributed by atoms with van der Waals surface area (Å²) in [5.74, 6) is 0.440. The van der Waals surface area contributed by atoms with Crippen LogP contribution < -0.4 is 5.32 Å². The summed E-state index contributed by atoms with van der Waals surface area (Å²) < 4.78 is 2.09. The molecule has 5 nitrogen and oxygen atoms in total. The van der Waals surface area contributed by atoms with Crippen molar-refractivity contribution in [2.75, 3.05) is 5.32 Å². The zero-order valence-corrected chi connectivity index (χ0v) is 12.5. The fraction of sp³-hybridized carbons (Fsp3) is 0.111. The molecule has 0 aliphatic rings. The number of fused-ring (bicyclic) bond motifs is 2. The number of rotatable bonds is 4. The summed E-state index contributed by atoms with van der Waals surface area (Å²) in [5, 5.41) is 4.01. The second kappa shape index (κ2) is 5.61. The van der Waals surface area contributed by atoms with Gasteiger partial charge < -0.3 is 9.55 Å². The van der Waals surface area contributed by atoms with Crippen LogP contribution in [0.4, 0.5) is 5.95 Å². The molecular weight excluding hydrogens is 288 g/mol. The number of para-hydroxylation sites is 3. The van der Waals surface area contributed by atoms with Crippen molar-refractivity contribution in [3.63, 3.8) is 0 Å². The highest BCUT2D eigenvalue weighted by Crippen LogP contribution is 2.16. The van der Waals surface area contributed by atoms with Crippen molar-refractivity contribution in [1.29, 1.82) is 0 Å². The second-order valence-corrected chi connectivity index (χ2v) is 5.47. The first-order chi connectivity index (χ1) is 11.3. The third-order valence-electron chi connectivity index (χ3n) is 3.91. The molecule has 114 valence electrons. The monoisotopic (exact) mass is 304 g/mol. The Balaban J connectivity index is 1.43. The third kappa shape index (κ3) is 2.68. The number of nitrogens with zero attached hydrogens (tertiary/aromatic N) is 2. The van der Waals surface area contributed by atoms with Crippen LogP contribution in [-0.4, -0.2) is 20.4 Å². The van der Waals surface area contributed by atoms with Crippen LogP contribution in [0.25, 0.3) is 21.9 Å². The van der Waals surface area contributed by atoms with Crippen LogP contribution >= 0.6 is 0 Å². The lowest BCUT2D eigenvalue weighted by Crippen LogP contribution is -2.15. The van der Waals surface area contributed by atoms with E-state index in [9.17, 15) is 4.79 Å². The Morgan fingerprint density at radius 1 is 1.09 bits per heavy atom. The van der Waals surface area contributed by atoms with Gasteiger partial charge in [0.1, 0.15) is 0 Å². The first-order valence-electron chi connectivity index (χ1n) is 7.58. The van der Waals surface area contributed by atoms with E-state index in [0.717, 1.165) is 16.6 Å². The maximum Gasteiger partial charge on any atom is 0.228 e. The zero-order valence-electron chi connectivity index (χ0n) is 12.5. The Kier molecular flexibility index (Phi) is 3.31. The number of H-pyrrole nitrogens is 1. The quantitative estimate of drug-likeness (QED) is 0.605. The Hall–Kier alpha value is -3.08. The largest absolute Gasteiger partial charge is 0.347 e. The van der Waals surface area contributed by atoms with E-state index in [2.05, 4.69) is 38.1 Å². The molecule has 0 atom stereocenters. The molecule has 0 radical (unpaired) electrons. The number of aromatic nitrogens is 3. The fourth-order valence-corrected chi connectivity index (χ4v) is 2.76. The Morgan fingerprint density at radius 3 is 2.83 bits per heavy atom. The number of aromatic amines is 1. The summed E-state index contributed by atoms with van der Waals surface area (Å²) in [6.07, 6.45) is 2.41. The molecule has 23 heavy (non-hydrogen) atoms. The van der Waals surface area contributed by atoms with E-state index >= 15 is 0 Å². The van der Waals surface area contributed by atoms with Gasteiger partial charge in [-0.1, -0.05) is 30.3 Å². The molecule has 0 aliphatic carbocycles. The van der Waals surface area contributed by atoms with Crippen molar-refractivity contribution >= 4 is 33.8 Å². The van der Waals surface area contributed by atoms with Crippen LogP contribution in [-0.2, 0) is 11.3 Å². The highest BCUT2D eigenvalue weighted by Gasteiger charge is 2.08. The number of anilines is 1. The first kappa shape index (κ1) is 13.6. The lowest BCUT2D eigenvalue weighted by molar-refractivity contribution is -0.116. The molecule has 0 fully saturated rings. The van der Waals surface area contributed by atoms with Gasteiger partial charge >= 0.3 is 0 Å². The average molecular weight is 304 g/mol. The van der Waals surface area contributed by atoms with Crippen LogP contribution in [0, 0.1) is 0 Å². The summed E-state index contributed by atoms with van der Waals surface area (Å²) in [6, 6.07) is 17.9. The van der Waals surface area contributed by atoms with E-state index in [1.165, 1.54) is 5.39 Å². The molecule has 2 N–H and O–H groups in total. The van der Waals surface area contributed by atoms with Crippen molar-refractivity contribution in [2.24, 2.45) is 0 Å². The Morgan fingerprint density at radius 2 is 1.91 bits per heavy atom. The first-order valence-corrected chi connectivity index (χ1v) is 7.58. The fourth-order valence-electron chi connectivity index (χ4n) is 2.76. The van der Waals surface area contributed by atoms with Crippen molar-refractivity contribution in [1.82, 2.24) is 14.5 Å². The van der Waals surface area contributed by atoms with Gasteiger partial charge in [0.25, 0.3) is 0 Å². The number of nitrogens with one attached hydrogen (secondary N) is 2. The number of carbonyl (C=O) groups is 1. The standard InChI is InChI=1S/C18H16N4O/c23-17(21-18-19-14-6-2-3-7-15(14)20-18)10-12-22-11-9-13-5-1-4-8-16(13)22/h1-9,11H,10,12H2,(H2,19,20,21,23). The molecule has 1 amide bonds. The molecule has 2 aromatic carbocycles. The lowest BCUT2D eigenvalue weighted by atomic mass is 10.2. The summed E-state index contributed by atoms with van der Waals surface area (Å²) in [7, 11) is 0. The van der Waals surface area contributed by atoms with Gasteiger partial charge in [-0.3, -0.25) is 10.1 Å². The van der Waals surface area contributed by atoms with E-state index in [1.807, 2.05) is 42.6 Å². The minimum Gasteiger partial charge on any atom is -0.347 e. The average Bonchev–Trinajstić information content (AvgIpc) is 3.16. The van der Waals surface area contributed by atoms with Crippen molar-refractivity contribution in [3.8, 4) is 0 Å². The molecule has 0 saturated heterocycles. The van der Waals surface area contributed by atoms with Gasteiger partial charge in [0, 0.05) is 24.7 Å². The van der Waals surface area contributed by atoms with Crippen molar-refractivity contribution in [2.45, 2.75) is 13.0 Å². The number of benzene rings is 2. The van der Waals surface area contributed by atoms with Gasteiger partial charge in [-0.05, 0) is 29.7 Å². The molecular formula is C18H16N4O. The van der Waals surface area contributed by atoms with Crippen LogP contribution in [0.15, 0.2) is 60.8 Å². The number of hydrogen-bond donors (Lipinski definition) is 2. The molecule has 0 bridgehead atoms. The van der Waals surface area contributed by atoms with Gasteiger partial charge in [0.15, 0.2) is 0 Å².